The van der Waals surface area contributed by atoms with Crippen molar-refractivity contribution in [2.75, 3.05) is 19.6 Å². The van der Waals surface area contributed by atoms with Gasteiger partial charge in [-0.15, -0.1) is 0 Å². The Hall–Kier alpha value is -1.94. The lowest BCUT2D eigenvalue weighted by molar-refractivity contribution is -0.126. The summed E-state index contributed by atoms with van der Waals surface area (Å²) in [5.41, 5.74) is 2.22. The fraction of sp³-hybridized carbons (Fsp3) is 0.333. The predicted molar refractivity (Wildman–Crippen MR) is 74.8 cm³/mol. The van der Waals surface area contributed by atoms with Crippen molar-refractivity contribution in [2.45, 2.75) is 6.42 Å². The van der Waals surface area contributed by atoms with Crippen molar-refractivity contribution in [2.24, 2.45) is 5.92 Å². The molecule has 0 radical (unpaired) electrons. The number of amides is 1. The second-order valence-corrected chi connectivity index (χ2v) is 4.89. The van der Waals surface area contributed by atoms with Gasteiger partial charge in [0.15, 0.2) is 0 Å². The number of carbonyl (C=O) groups is 1. The molecule has 2 aromatic rings. The molecule has 0 spiro atoms. The van der Waals surface area contributed by atoms with Crippen molar-refractivity contribution < 1.29 is 4.79 Å². The van der Waals surface area contributed by atoms with Gasteiger partial charge in [-0.2, -0.15) is 0 Å². The van der Waals surface area contributed by atoms with Crippen LogP contribution in [0.2, 0.25) is 0 Å². The number of benzene rings is 1. The number of fused-ring (bicyclic) bond motifs is 1. The van der Waals surface area contributed by atoms with E-state index in [1.165, 1.54) is 5.56 Å². The Morgan fingerprint density at radius 1 is 1.32 bits per heavy atom. The highest BCUT2D eigenvalue weighted by Gasteiger charge is 2.24. The SMILES string of the molecule is O=C(NCCc1cccc2cccnc12)C1CNC1. The van der Waals surface area contributed by atoms with Crippen LogP contribution in [0.1, 0.15) is 5.56 Å². The van der Waals surface area contributed by atoms with Crippen LogP contribution in [-0.2, 0) is 11.2 Å². The quantitative estimate of drug-likeness (QED) is 0.860. The van der Waals surface area contributed by atoms with E-state index in [-0.39, 0.29) is 11.8 Å². The summed E-state index contributed by atoms with van der Waals surface area (Å²) in [6.07, 6.45) is 2.63. The fourth-order valence-electron chi connectivity index (χ4n) is 2.31. The number of hydrogen-bond acceptors (Lipinski definition) is 3. The Bertz CT molecular complexity index is 587. The van der Waals surface area contributed by atoms with Crippen LogP contribution < -0.4 is 10.6 Å². The standard InChI is InChI=1S/C15H17N3O/c19-15(13-9-16-10-13)18-8-6-12-4-1-3-11-5-2-7-17-14(11)12/h1-5,7,13,16H,6,8-10H2,(H,18,19). The number of pyridine rings is 1. The second kappa shape index (κ2) is 5.36. The third-order valence-electron chi connectivity index (χ3n) is 3.56. The van der Waals surface area contributed by atoms with E-state index in [2.05, 4.69) is 33.8 Å². The summed E-state index contributed by atoms with van der Waals surface area (Å²) in [5, 5.41) is 7.24. The van der Waals surface area contributed by atoms with Gasteiger partial charge in [-0.1, -0.05) is 24.3 Å². The molecular weight excluding hydrogens is 238 g/mol. The third kappa shape index (κ3) is 2.58. The lowest BCUT2D eigenvalue weighted by atomic mass is 10.0. The molecule has 1 saturated heterocycles. The summed E-state index contributed by atoms with van der Waals surface area (Å²) in [7, 11) is 0. The zero-order valence-corrected chi connectivity index (χ0v) is 10.7. The van der Waals surface area contributed by atoms with Crippen molar-refractivity contribution in [3.05, 3.63) is 42.1 Å². The van der Waals surface area contributed by atoms with Gasteiger partial charge in [-0.05, 0) is 18.1 Å². The molecule has 1 aliphatic rings. The Morgan fingerprint density at radius 2 is 2.16 bits per heavy atom. The number of nitrogens with zero attached hydrogens (tertiary/aromatic N) is 1. The van der Waals surface area contributed by atoms with E-state index in [1.807, 2.05) is 18.3 Å². The zero-order valence-electron chi connectivity index (χ0n) is 10.7. The molecule has 2 N–H and O–H groups in total. The monoisotopic (exact) mass is 255 g/mol. The Morgan fingerprint density at radius 3 is 2.95 bits per heavy atom. The summed E-state index contributed by atoms with van der Waals surface area (Å²) in [4.78, 5) is 16.1. The average Bonchev–Trinajstić information content (AvgIpc) is 2.37. The van der Waals surface area contributed by atoms with E-state index in [1.54, 1.807) is 0 Å². The first-order chi connectivity index (χ1) is 9.34. The highest BCUT2D eigenvalue weighted by Crippen LogP contribution is 2.16. The Kier molecular flexibility index (Phi) is 3.42. The first-order valence-electron chi connectivity index (χ1n) is 6.65. The van der Waals surface area contributed by atoms with Crippen LogP contribution >= 0.6 is 0 Å². The molecule has 4 nitrogen and oxygen atoms in total. The lowest BCUT2D eigenvalue weighted by Gasteiger charge is -2.25. The van der Waals surface area contributed by atoms with Gasteiger partial charge in [-0.3, -0.25) is 9.78 Å². The van der Waals surface area contributed by atoms with Gasteiger partial charge in [0.05, 0.1) is 11.4 Å². The van der Waals surface area contributed by atoms with Gasteiger partial charge >= 0.3 is 0 Å². The van der Waals surface area contributed by atoms with Crippen LogP contribution in [0, 0.1) is 5.92 Å². The van der Waals surface area contributed by atoms with Crippen molar-refractivity contribution >= 4 is 16.8 Å². The van der Waals surface area contributed by atoms with E-state index in [0.29, 0.717) is 6.54 Å². The van der Waals surface area contributed by atoms with Crippen LogP contribution in [0.4, 0.5) is 0 Å². The van der Waals surface area contributed by atoms with Crippen molar-refractivity contribution in [1.29, 1.82) is 0 Å². The molecule has 19 heavy (non-hydrogen) atoms. The number of carbonyl (C=O) groups excluding carboxylic acids is 1. The average molecular weight is 255 g/mol. The number of rotatable bonds is 4. The highest BCUT2D eigenvalue weighted by atomic mass is 16.2. The molecule has 1 fully saturated rings. The molecule has 0 saturated carbocycles. The lowest BCUT2D eigenvalue weighted by Crippen LogP contribution is -2.51. The molecule has 1 aromatic carbocycles. The molecule has 1 aliphatic heterocycles. The van der Waals surface area contributed by atoms with Crippen molar-refractivity contribution in [3.8, 4) is 0 Å². The minimum atomic E-state index is 0.158. The summed E-state index contributed by atoms with van der Waals surface area (Å²) in [6.45, 7) is 2.29. The van der Waals surface area contributed by atoms with Crippen molar-refractivity contribution in [1.82, 2.24) is 15.6 Å². The van der Waals surface area contributed by atoms with E-state index in [9.17, 15) is 4.79 Å². The van der Waals surface area contributed by atoms with Crippen molar-refractivity contribution in [3.63, 3.8) is 0 Å². The smallest absolute Gasteiger partial charge is 0.225 e. The minimum Gasteiger partial charge on any atom is -0.355 e. The van der Waals surface area contributed by atoms with Crippen LogP contribution in [0.3, 0.4) is 0 Å². The number of hydrogen-bond donors (Lipinski definition) is 2. The van der Waals surface area contributed by atoms with E-state index >= 15 is 0 Å². The maximum absolute atomic E-state index is 11.7. The summed E-state index contributed by atoms with van der Waals surface area (Å²) < 4.78 is 0. The maximum Gasteiger partial charge on any atom is 0.225 e. The van der Waals surface area contributed by atoms with Gasteiger partial charge in [0.1, 0.15) is 0 Å². The molecule has 0 unspecified atom stereocenters. The number of para-hydroxylation sites is 1. The molecule has 1 aromatic heterocycles. The van der Waals surface area contributed by atoms with Gasteiger partial charge in [0, 0.05) is 31.2 Å². The highest BCUT2D eigenvalue weighted by molar-refractivity contribution is 5.82. The molecule has 1 amide bonds. The third-order valence-corrected chi connectivity index (χ3v) is 3.56. The largest absolute Gasteiger partial charge is 0.355 e. The molecule has 2 heterocycles. The molecule has 3 rings (SSSR count). The molecule has 0 bridgehead atoms. The first kappa shape index (κ1) is 12.1. The summed E-state index contributed by atoms with van der Waals surface area (Å²) >= 11 is 0. The van der Waals surface area contributed by atoms with E-state index in [4.69, 9.17) is 0 Å². The molecule has 0 aliphatic carbocycles. The molecular formula is C15H17N3O. The van der Waals surface area contributed by atoms with Crippen LogP contribution in [0.25, 0.3) is 10.9 Å². The summed E-state index contributed by atoms with van der Waals surface area (Å²) in [5.74, 6) is 0.317. The molecule has 98 valence electrons. The first-order valence-corrected chi connectivity index (χ1v) is 6.65. The second-order valence-electron chi connectivity index (χ2n) is 4.89. The topological polar surface area (TPSA) is 54.0 Å². The van der Waals surface area contributed by atoms with E-state index in [0.717, 1.165) is 30.4 Å². The van der Waals surface area contributed by atoms with Crippen LogP contribution in [-0.4, -0.2) is 30.5 Å². The van der Waals surface area contributed by atoms with Gasteiger partial charge < -0.3 is 10.6 Å². The summed E-state index contributed by atoms with van der Waals surface area (Å²) in [6, 6.07) is 10.2. The molecule has 4 heteroatoms. The Labute approximate surface area is 112 Å². The van der Waals surface area contributed by atoms with Gasteiger partial charge in [0.2, 0.25) is 5.91 Å². The zero-order chi connectivity index (χ0) is 13.1. The fourth-order valence-corrected chi connectivity index (χ4v) is 2.31. The number of aromatic nitrogens is 1. The minimum absolute atomic E-state index is 0.158. The maximum atomic E-state index is 11.7. The normalized spacial score (nSPS) is 15.2. The molecule has 0 atom stereocenters. The van der Waals surface area contributed by atoms with Gasteiger partial charge in [-0.25, -0.2) is 0 Å². The van der Waals surface area contributed by atoms with E-state index < -0.39 is 0 Å². The predicted octanol–water partition coefficient (Wildman–Crippen LogP) is 1.11. The van der Waals surface area contributed by atoms with Crippen LogP contribution in [0.15, 0.2) is 36.5 Å². The van der Waals surface area contributed by atoms with Gasteiger partial charge in [0.25, 0.3) is 0 Å². The number of nitrogens with one attached hydrogen (secondary N) is 2. The van der Waals surface area contributed by atoms with Crippen LogP contribution in [0.5, 0.6) is 0 Å². The Balaban J connectivity index is 1.63.